The maximum Gasteiger partial charge on any atom is 0.295 e. The normalized spacial score (nSPS) is 17.7. The Morgan fingerprint density at radius 1 is 1.12 bits per heavy atom. The van der Waals surface area contributed by atoms with Gasteiger partial charge < -0.3 is 14.7 Å². The van der Waals surface area contributed by atoms with Crippen LogP contribution < -0.4 is 9.30 Å². The predicted octanol–water partition coefficient (Wildman–Crippen LogP) is 3.60. The number of nitrogens with zero attached hydrogens (tertiary/aromatic N) is 2. The quantitative estimate of drug-likeness (QED) is 0.240. The van der Waals surface area contributed by atoms with E-state index in [4.69, 9.17) is 4.74 Å². The van der Waals surface area contributed by atoms with Gasteiger partial charge in [0.25, 0.3) is 11.7 Å². The fourth-order valence-corrected chi connectivity index (χ4v) is 4.09. The van der Waals surface area contributed by atoms with Crippen molar-refractivity contribution in [1.82, 2.24) is 9.88 Å². The molecular weight excluding hydrogens is 418 g/mol. The fourth-order valence-electron chi connectivity index (χ4n) is 4.09. The number of aromatic amines is 1. The number of carbonyl (C=O) groups is 2. The van der Waals surface area contributed by atoms with Gasteiger partial charge in [0.2, 0.25) is 6.33 Å². The third-order valence-corrected chi connectivity index (χ3v) is 5.57. The van der Waals surface area contributed by atoms with Crippen LogP contribution in [0.3, 0.4) is 0 Å². The van der Waals surface area contributed by atoms with Crippen molar-refractivity contribution >= 4 is 17.4 Å². The Hall–Kier alpha value is -3.87. The number of hydrogen-bond donors (Lipinski definition) is 2. The molecule has 0 saturated carbocycles. The first-order valence-electron chi connectivity index (χ1n) is 11.1. The molecule has 0 bridgehead atoms. The van der Waals surface area contributed by atoms with Crippen molar-refractivity contribution in [2.75, 3.05) is 6.54 Å². The van der Waals surface area contributed by atoms with Crippen molar-refractivity contribution in [3.05, 3.63) is 90.0 Å². The maximum absolute atomic E-state index is 13.1. The number of likely N-dealkylation sites (tertiary alicyclic amines) is 1. The van der Waals surface area contributed by atoms with Gasteiger partial charge in [0.15, 0.2) is 0 Å². The molecule has 2 heterocycles. The van der Waals surface area contributed by atoms with Crippen LogP contribution in [0, 0.1) is 0 Å². The van der Waals surface area contributed by atoms with Gasteiger partial charge >= 0.3 is 0 Å². The van der Waals surface area contributed by atoms with Crippen molar-refractivity contribution in [1.29, 1.82) is 0 Å². The first-order valence-corrected chi connectivity index (χ1v) is 11.1. The van der Waals surface area contributed by atoms with E-state index >= 15 is 0 Å². The summed E-state index contributed by atoms with van der Waals surface area (Å²) in [6.07, 6.45) is 6.27. The molecule has 0 spiro atoms. The molecule has 1 aliphatic rings. The molecule has 0 aliphatic carbocycles. The molecule has 7 heteroatoms. The van der Waals surface area contributed by atoms with Crippen LogP contribution in [0.15, 0.2) is 78.9 Å². The summed E-state index contributed by atoms with van der Waals surface area (Å²) in [4.78, 5) is 30.6. The Kier molecular flexibility index (Phi) is 6.58. The average molecular weight is 447 g/mol. The highest BCUT2D eigenvalue weighted by atomic mass is 16.5. The minimum atomic E-state index is -0.668. The lowest BCUT2D eigenvalue weighted by atomic mass is 9.95. The van der Waals surface area contributed by atoms with E-state index in [1.165, 1.54) is 0 Å². The van der Waals surface area contributed by atoms with Crippen molar-refractivity contribution in [3.63, 3.8) is 0 Å². The number of ketones is 1. The van der Waals surface area contributed by atoms with E-state index in [0.29, 0.717) is 30.8 Å². The molecule has 3 aromatic rings. The largest absolute Gasteiger partial charge is 0.507 e. The number of amides is 1. The third kappa shape index (κ3) is 4.82. The van der Waals surface area contributed by atoms with E-state index in [0.717, 1.165) is 5.56 Å². The lowest BCUT2D eigenvalue weighted by Crippen LogP contribution is -2.36. The van der Waals surface area contributed by atoms with E-state index in [9.17, 15) is 14.7 Å². The third-order valence-electron chi connectivity index (χ3n) is 5.57. The minimum Gasteiger partial charge on any atom is -0.507 e. The minimum absolute atomic E-state index is 0.0253. The second-order valence-electron chi connectivity index (χ2n) is 8.30. The number of imidazole rings is 1. The molecule has 7 nitrogen and oxygen atoms in total. The van der Waals surface area contributed by atoms with Gasteiger partial charge in [-0.15, -0.1) is 0 Å². The molecule has 0 radical (unpaired) electrons. The van der Waals surface area contributed by atoms with Crippen molar-refractivity contribution in [3.8, 4) is 5.75 Å². The van der Waals surface area contributed by atoms with Gasteiger partial charge in [0.1, 0.15) is 23.9 Å². The average Bonchev–Trinajstić information content (AvgIpc) is 3.41. The molecule has 1 aliphatic heterocycles. The summed E-state index contributed by atoms with van der Waals surface area (Å²) < 4.78 is 7.64. The Bertz CT molecular complexity index is 1140. The Morgan fingerprint density at radius 3 is 2.48 bits per heavy atom. The second kappa shape index (κ2) is 9.73. The van der Waals surface area contributed by atoms with Gasteiger partial charge in [-0.3, -0.25) is 14.6 Å². The van der Waals surface area contributed by atoms with Crippen molar-refractivity contribution in [2.24, 2.45) is 0 Å². The molecule has 1 saturated heterocycles. The highest BCUT2D eigenvalue weighted by Gasteiger charge is 2.45. The zero-order chi connectivity index (χ0) is 23.4. The monoisotopic (exact) mass is 446 g/mol. The number of rotatable bonds is 8. The topological polar surface area (TPSA) is 86.5 Å². The summed E-state index contributed by atoms with van der Waals surface area (Å²) in [5.41, 5.74) is 1.36. The van der Waals surface area contributed by atoms with Gasteiger partial charge in [-0.2, -0.15) is 0 Å². The zero-order valence-corrected chi connectivity index (χ0v) is 18.8. The molecule has 2 aromatic carbocycles. The second-order valence-corrected chi connectivity index (χ2v) is 8.30. The summed E-state index contributed by atoms with van der Waals surface area (Å²) in [6.45, 7) is 4.96. The van der Waals surface area contributed by atoms with Crippen molar-refractivity contribution < 1.29 is 24.0 Å². The number of carbonyl (C=O) groups excluding carboxylic acids is 2. The Labute approximate surface area is 192 Å². The van der Waals surface area contributed by atoms with E-state index in [2.05, 4.69) is 4.98 Å². The molecule has 1 aromatic heterocycles. The molecule has 1 atom stereocenters. The van der Waals surface area contributed by atoms with Crippen LogP contribution in [0.1, 0.15) is 37.4 Å². The van der Waals surface area contributed by atoms with Gasteiger partial charge in [0.05, 0.1) is 24.3 Å². The zero-order valence-electron chi connectivity index (χ0n) is 18.8. The van der Waals surface area contributed by atoms with E-state index in [1.807, 2.05) is 67.5 Å². The number of H-pyrrole nitrogens is 1. The van der Waals surface area contributed by atoms with Crippen LogP contribution >= 0.6 is 0 Å². The van der Waals surface area contributed by atoms with Crippen LogP contribution in [-0.4, -0.2) is 39.3 Å². The Balaban J connectivity index is 1.67. The number of hydrogen-bond acceptors (Lipinski definition) is 4. The molecule has 1 unspecified atom stereocenters. The van der Waals surface area contributed by atoms with Crippen molar-refractivity contribution in [2.45, 2.75) is 39.0 Å². The van der Waals surface area contributed by atoms with Crippen LogP contribution in [0.25, 0.3) is 5.76 Å². The van der Waals surface area contributed by atoms with Gasteiger partial charge in [-0.1, -0.05) is 30.3 Å². The number of aliphatic hydroxyl groups is 1. The number of Topliss-reactive ketones (excluding diaryl/α,β-unsaturated/α-hetero) is 1. The summed E-state index contributed by atoms with van der Waals surface area (Å²) in [5, 5.41) is 11.1. The highest BCUT2D eigenvalue weighted by Crippen LogP contribution is 2.39. The summed E-state index contributed by atoms with van der Waals surface area (Å²) in [5.74, 6) is -0.771. The van der Waals surface area contributed by atoms with Crippen LogP contribution in [-0.2, 0) is 16.1 Å². The summed E-state index contributed by atoms with van der Waals surface area (Å²) in [6, 6.07) is 15.6. The van der Waals surface area contributed by atoms with Crippen LogP contribution in [0.4, 0.5) is 0 Å². The van der Waals surface area contributed by atoms with E-state index < -0.39 is 17.7 Å². The van der Waals surface area contributed by atoms with Crippen LogP contribution in [0.5, 0.6) is 5.75 Å². The molecular formula is C26H28N3O4+. The number of aromatic nitrogens is 2. The standard InChI is InChI=1S/C26H27N3O4/c1-18(2)33-21-11-9-20(10-12-21)24(30)22-23(19-7-4-3-5-8-19)29(26(32)25(22)31)15-6-14-28-16-13-27-17-28/h3-5,7-13,16-18,23H,6,14-15H2,1-2H3,(H,30,31)/p+1. The first-order chi connectivity index (χ1) is 16.0. The van der Waals surface area contributed by atoms with E-state index in [-0.39, 0.29) is 17.4 Å². The Morgan fingerprint density at radius 2 is 1.85 bits per heavy atom. The van der Waals surface area contributed by atoms with Gasteiger partial charge in [0, 0.05) is 18.5 Å². The molecule has 33 heavy (non-hydrogen) atoms. The number of ether oxygens (including phenoxy) is 1. The SMILES string of the molecule is CC(C)Oc1ccc(C(O)=C2C(=O)C(=O)N(CCC[n+]3cc[nH]c3)C2c2ccccc2)cc1. The van der Waals surface area contributed by atoms with Gasteiger partial charge in [-0.05, 0) is 43.7 Å². The smallest absolute Gasteiger partial charge is 0.295 e. The van der Waals surface area contributed by atoms with Gasteiger partial charge in [-0.25, -0.2) is 4.57 Å². The fraction of sp³-hybridized carbons (Fsp3) is 0.269. The molecule has 4 rings (SSSR count). The summed E-state index contributed by atoms with van der Waals surface area (Å²) >= 11 is 0. The molecule has 2 N–H and O–H groups in total. The number of nitrogens with one attached hydrogen (secondary N) is 1. The lowest BCUT2D eigenvalue weighted by molar-refractivity contribution is -0.695. The number of benzene rings is 2. The van der Waals surface area contributed by atoms with Crippen LogP contribution in [0.2, 0.25) is 0 Å². The first kappa shape index (κ1) is 22.3. The predicted molar refractivity (Wildman–Crippen MR) is 123 cm³/mol. The number of aliphatic hydroxyl groups excluding tert-OH is 1. The highest BCUT2D eigenvalue weighted by molar-refractivity contribution is 6.46. The maximum atomic E-state index is 13.1. The summed E-state index contributed by atoms with van der Waals surface area (Å²) in [7, 11) is 0. The lowest BCUT2D eigenvalue weighted by Gasteiger charge is -2.25. The number of aryl methyl sites for hydroxylation is 1. The molecule has 1 fully saturated rings. The molecule has 170 valence electrons. The van der Waals surface area contributed by atoms with E-state index in [1.54, 1.807) is 29.2 Å². The molecule has 1 amide bonds.